The molecular formula is C10H15F3O4S. The highest BCUT2D eigenvalue weighted by molar-refractivity contribution is 7.87. The van der Waals surface area contributed by atoms with E-state index in [9.17, 15) is 21.6 Å². The van der Waals surface area contributed by atoms with Crippen LogP contribution in [0.1, 0.15) is 32.6 Å². The monoisotopic (exact) mass is 288 g/mol. The predicted octanol–water partition coefficient (Wildman–Crippen LogP) is 2.72. The summed E-state index contributed by atoms with van der Waals surface area (Å²) in [6.07, 6.45) is 2.10. The highest BCUT2D eigenvalue weighted by Gasteiger charge is 2.49. The van der Waals surface area contributed by atoms with Crippen molar-refractivity contribution in [3.8, 4) is 0 Å². The molecule has 1 rings (SSSR count). The molecule has 8 heteroatoms. The molecule has 1 aliphatic rings. The predicted molar refractivity (Wildman–Crippen MR) is 58.0 cm³/mol. The summed E-state index contributed by atoms with van der Waals surface area (Å²) in [7, 11) is -5.57. The average Bonchev–Trinajstić information content (AvgIpc) is 2.26. The Morgan fingerprint density at radius 3 is 2.39 bits per heavy atom. The Labute approximate surface area is 104 Å². The fourth-order valence-electron chi connectivity index (χ4n) is 1.60. The first-order chi connectivity index (χ1) is 8.28. The summed E-state index contributed by atoms with van der Waals surface area (Å²) in [5.74, 6) is -0.118. The van der Waals surface area contributed by atoms with Gasteiger partial charge >= 0.3 is 15.6 Å². The van der Waals surface area contributed by atoms with E-state index < -0.39 is 15.6 Å². The number of hydrogen-bond donors (Lipinski definition) is 0. The van der Waals surface area contributed by atoms with Crippen molar-refractivity contribution in [3.63, 3.8) is 0 Å². The fraction of sp³-hybridized carbons (Fsp3) is 0.800. The molecule has 0 saturated carbocycles. The molecule has 1 aliphatic carbocycles. The van der Waals surface area contributed by atoms with Gasteiger partial charge in [-0.3, -0.25) is 0 Å². The molecule has 0 bridgehead atoms. The van der Waals surface area contributed by atoms with E-state index in [1.54, 1.807) is 6.92 Å². The van der Waals surface area contributed by atoms with Crippen LogP contribution in [0.25, 0.3) is 0 Å². The van der Waals surface area contributed by atoms with Gasteiger partial charge in [-0.15, -0.1) is 0 Å². The van der Waals surface area contributed by atoms with E-state index in [1.165, 1.54) is 0 Å². The SMILES string of the molecule is CCOCC1=C(OS(=O)(=O)C(F)(F)F)CCCC1. The topological polar surface area (TPSA) is 52.6 Å². The summed E-state index contributed by atoms with van der Waals surface area (Å²) in [5, 5.41) is 0. The second-order valence-corrected chi connectivity index (χ2v) is 5.39. The summed E-state index contributed by atoms with van der Waals surface area (Å²) in [5.41, 5.74) is -4.90. The molecule has 0 aromatic heterocycles. The minimum atomic E-state index is -5.57. The normalized spacial score (nSPS) is 18.0. The van der Waals surface area contributed by atoms with Gasteiger partial charge in [0.1, 0.15) is 5.76 Å². The van der Waals surface area contributed by atoms with Crippen molar-refractivity contribution in [2.75, 3.05) is 13.2 Å². The third kappa shape index (κ3) is 3.88. The lowest BCUT2D eigenvalue weighted by Crippen LogP contribution is -2.26. The second kappa shape index (κ2) is 5.92. The van der Waals surface area contributed by atoms with Crippen LogP contribution in [0, 0.1) is 0 Å². The van der Waals surface area contributed by atoms with Gasteiger partial charge in [0.25, 0.3) is 0 Å². The Balaban J connectivity index is 2.87. The lowest BCUT2D eigenvalue weighted by atomic mass is 9.98. The molecule has 0 radical (unpaired) electrons. The van der Waals surface area contributed by atoms with Gasteiger partial charge in [0, 0.05) is 13.0 Å². The molecule has 4 nitrogen and oxygen atoms in total. The summed E-state index contributed by atoms with van der Waals surface area (Å²) in [4.78, 5) is 0. The third-order valence-electron chi connectivity index (χ3n) is 2.50. The lowest BCUT2D eigenvalue weighted by Gasteiger charge is -2.20. The first kappa shape index (κ1) is 15.3. The lowest BCUT2D eigenvalue weighted by molar-refractivity contribution is -0.0525. The molecule has 0 fully saturated rings. The van der Waals surface area contributed by atoms with Crippen LogP contribution in [0.3, 0.4) is 0 Å². The molecule has 0 aromatic carbocycles. The third-order valence-corrected chi connectivity index (χ3v) is 3.49. The molecule has 0 N–H and O–H groups in total. The first-order valence-electron chi connectivity index (χ1n) is 5.57. The van der Waals surface area contributed by atoms with Crippen LogP contribution in [-0.2, 0) is 19.0 Å². The van der Waals surface area contributed by atoms with Crippen LogP contribution >= 0.6 is 0 Å². The maximum Gasteiger partial charge on any atom is 0.534 e. The van der Waals surface area contributed by atoms with Crippen LogP contribution in [0.15, 0.2) is 11.3 Å². The maximum absolute atomic E-state index is 12.2. The highest BCUT2D eigenvalue weighted by atomic mass is 32.2. The molecule has 0 aliphatic heterocycles. The molecular weight excluding hydrogens is 273 g/mol. The molecule has 106 valence electrons. The van der Waals surface area contributed by atoms with Gasteiger partial charge in [-0.05, 0) is 31.8 Å². The van der Waals surface area contributed by atoms with Crippen LogP contribution in [0.5, 0.6) is 0 Å². The zero-order valence-corrected chi connectivity index (χ0v) is 10.7. The Morgan fingerprint density at radius 2 is 1.83 bits per heavy atom. The second-order valence-electron chi connectivity index (χ2n) is 3.85. The van der Waals surface area contributed by atoms with E-state index >= 15 is 0 Å². The summed E-state index contributed by atoms with van der Waals surface area (Å²) in [6.45, 7) is 2.26. The molecule has 0 spiro atoms. The zero-order chi connectivity index (χ0) is 13.8. The Morgan fingerprint density at radius 1 is 1.22 bits per heavy atom. The van der Waals surface area contributed by atoms with Gasteiger partial charge in [-0.1, -0.05) is 0 Å². The zero-order valence-electron chi connectivity index (χ0n) is 9.92. The van der Waals surface area contributed by atoms with Gasteiger partial charge < -0.3 is 8.92 Å². The number of allylic oxidation sites excluding steroid dienone is 1. The number of alkyl halides is 3. The van der Waals surface area contributed by atoms with E-state index in [4.69, 9.17) is 4.74 Å². The van der Waals surface area contributed by atoms with Gasteiger partial charge in [-0.2, -0.15) is 21.6 Å². The minimum absolute atomic E-state index is 0.110. The Kier molecular flexibility index (Phi) is 5.03. The van der Waals surface area contributed by atoms with Crippen LogP contribution in [0.2, 0.25) is 0 Å². The Hall–Kier alpha value is -0.760. The number of ether oxygens (including phenoxy) is 1. The van der Waals surface area contributed by atoms with Crippen molar-refractivity contribution >= 4 is 10.1 Å². The van der Waals surface area contributed by atoms with Gasteiger partial charge in [-0.25, -0.2) is 0 Å². The average molecular weight is 288 g/mol. The standard InChI is InChI=1S/C10H15F3O4S/c1-2-16-7-8-5-3-4-6-9(8)17-18(14,15)10(11,12)13/h2-7H2,1H3. The van der Waals surface area contributed by atoms with Crippen LogP contribution in [0.4, 0.5) is 13.2 Å². The van der Waals surface area contributed by atoms with Crippen molar-refractivity contribution in [1.82, 2.24) is 0 Å². The molecule has 0 atom stereocenters. The number of rotatable bonds is 5. The highest BCUT2D eigenvalue weighted by Crippen LogP contribution is 2.32. The minimum Gasteiger partial charge on any atom is -0.381 e. The molecule has 0 heterocycles. The van der Waals surface area contributed by atoms with E-state index in [1.807, 2.05) is 0 Å². The fourth-order valence-corrected chi connectivity index (χ4v) is 2.16. The van der Waals surface area contributed by atoms with E-state index in [2.05, 4.69) is 4.18 Å². The molecule has 0 saturated heterocycles. The van der Waals surface area contributed by atoms with Crippen molar-refractivity contribution < 1.29 is 30.5 Å². The van der Waals surface area contributed by atoms with E-state index in [-0.39, 0.29) is 18.8 Å². The first-order valence-corrected chi connectivity index (χ1v) is 6.98. The smallest absolute Gasteiger partial charge is 0.381 e. The van der Waals surface area contributed by atoms with Gasteiger partial charge in [0.05, 0.1) is 6.61 Å². The Bertz CT molecular complexity index is 411. The number of hydrogen-bond acceptors (Lipinski definition) is 4. The maximum atomic E-state index is 12.2. The molecule has 18 heavy (non-hydrogen) atoms. The summed E-state index contributed by atoms with van der Waals surface area (Å²) in [6, 6.07) is 0. The van der Waals surface area contributed by atoms with Crippen molar-refractivity contribution in [1.29, 1.82) is 0 Å². The van der Waals surface area contributed by atoms with Gasteiger partial charge in [0.15, 0.2) is 0 Å². The summed E-state index contributed by atoms with van der Waals surface area (Å²) >= 11 is 0. The summed E-state index contributed by atoms with van der Waals surface area (Å²) < 4.78 is 67.7. The molecule has 0 unspecified atom stereocenters. The van der Waals surface area contributed by atoms with Crippen molar-refractivity contribution in [2.45, 2.75) is 38.1 Å². The van der Waals surface area contributed by atoms with Crippen LogP contribution < -0.4 is 0 Å². The van der Waals surface area contributed by atoms with E-state index in [0.717, 1.165) is 6.42 Å². The van der Waals surface area contributed by atoms with Crippen molar-refractivity contribution in [3.05, 3.63) is 11.3 Å². The largest absolute Gasteiger partial charge is 0.534 e. The number of halogens is 3. The molecule has 0 amide bonds. The van der Waals surface area contributed by atoms with E-state index in [0.29, 0.717) is 25.0 Å². The van der Waals surface area contributed by atoms with Gasteiger partial charge in [0.2, 0.25) is 0 Å². The molecule has 0 aromatic rings. The quantitative estimate of drug-likeness (QED) is 0.576. The van der Waals surface area contributed by atoms with Crippen LogP contribution in [-0.4, -0.2) is 27.1 Å². The van der Waals surface area contributed by atoms with Crippen molar-refractivity contribution in [2.24, 2.45) is 0 Å².